The maximum Gasteiger partial charge on any atom is 0.367 e. The molecule has 0 fully saturated rings. The standard InChI is InChI=1S/C64H40N6O12S4/c1-75-49-27-53(69-41(29-65)30-66)85-57(49)51-25-45-55(83-51)43-23-48-44(24-47(43)81-63(45,59(71)77-33-37-15-7-3-8-16-37)60(72)78-34-38-17-9-4-10-18-38)56-46(26-52(84-56)58-50(76-2)28-54(86-58)70-42(31-67)32-68)64(82-48,61(73)79-35-39-19-11-5-12-20-39)62(74)80-36-40-21-13-6-14-22-40/h3-28H,33-36H2,1-2H3. The average Bonchev–Trinajstić information content (AvgIpc) is 1.44. The van der Waals surface area contributed by atoms with Crippen molar-refractivity contribution in [3.05, 3.63) is 191 Å². The van der Waals surface area contributed by atoms with Crippen molar-refractivity contribution in [2.75, 3.05) is 14.2 Å². The molecule has 6 heterocycles. The van der Waals surface area contributed by atoms with E-state index in [2.05, 4.69) is 9.98 Å². The Hall–Kier alpha value is -10.7. The lowest BCUT2D eigenvalue weighted by molar-refractivity contribution is -0.185. The third-order valence-corrected chi connectivity index (χ3v) is 18.2. The number of fused-ring (bicyclic) bond motifs is 6. The van der Waals surface area contributed by atoms with Gasteiger partial charge in [-0.15, -0.1) is 45.3 Å². The van der Waals surface area contributed by atoms with Crippen LogP contribution in [0.4, 0.5) is 10.0 Å². The smallest absolute Gasteiger partial charge is 0.367 e. The number of carbonyl (C=O) groups is 4. The van der Waals surface area contributed by atoms with Gasteiger partial charge in [0.1, 0.15) is 83.7 Å². The van der Waals surface area contributed by atoms with Crippen molar-refractivity contribution in [3.8, 4) is 87.7 Å². The van der Waals surface area contributed by atoms with Crippen LogP contribution < -0.4 is 18.9 Å². The molecule has 86 heavy (non-hydrogen) atoms. The van der Waals surface area contributed by atoms with Crippen LogP contribution in [0.5, 0.6) is 23.0 Å². The van der Waals surface area contributed by atoms with E-state index in [1.54, 1.807) is 158 Å². The summed E-state index contributed by atoms with van der Waals surface area (Å²) in [4.78, 5) is 72.3. The van der Waals surface area contributed by atoms with Crippen molar-refractivity contribution < 1.29 is 57.1 Å². The van der Waals surface area contributed by atoms with E-state index in [-0.39, 0.29) is 91.4 Å². The van der Waals surface area contributed by atoms with Crippen molar-refractivity contribution in [3.63, 3.8) is 0 Å². The number of esters is 4. The number of thiophene rings is 4. The van der Waals surface area contributed by atoms with Crippen LogP contribution in [0, 0.1) is 45.3 Å². The first-order valence-corrected chi connectivity index (χ1v) is 29.0. The predicted molar refractivity (Wildman–Crippen MR) is 319 cm³/mol. The number of ether oxygens (including phenoxy) is 8. The molecule has 0 saturated carbocycles. The van der Waals surface area contributed by atoms with Crippen LogP contribution in [0.1, 0.15) is 33.4 Å². The van der Waals surface area contributed by atoms with E-state index in [0.29, 0.717) is 41.8 Å². The molecular formula is C64H40N6O12S4. The number of nitrogens with zero attached hydrogens (tertiary/aromatic N) is 6. The fraction of sp³-hybridized carbons (Fsp3) is 0.125. The van der Waals surface area contributed by atoms with E-state index < -0.39 is 46.5 Å². The molecule has 11 rings (SSSR count). The zero-order valence-corrected chi connectivity index (χ0v) is 48.3. The highest BCUT2D eigenvalue weighted by Gasteiger charge is 2.61. The average molecular weight is 1210 g/mol. The van der Waals surface area contributed by atoms with E-state index in [1.165, 1.54) is 38.5 Å². The number of hydrogen-bond donors (Lipinski definition) is 0. The minimum Gasteiger partial charge on any atom is -0.495 e. The van der Waals surface area contributed by atoms with Gasteiger partial charge in [0, 0.05) is 53.9 Å². The van der Waals surface area contributed by atoms with Crippen LogP contribution in [0.15, 0.2) is 168 Å². The highest BCUT2D eigenvalue weighted by atomic mass is 32.1. The summed E-state index contributed by atoms with van der Waals surface area (Å²) < 4.78 is 49.9. The molecule has 4 aromatic heterocycles. The van der Waals surface area contributed by atoms with E-state index in [9.17, 15) is 21.0 Å². The van der Waals surface area contributed by atoms with Gasteiger partial charge in [0.15, 0.2) is 0 Å². The maximum absolute atomic E-state index is 15.4. The van der Waals surface area contributed by atoms with E-state index in [4.69, 9.17) is 37.9 Å². The van der Waals surface area contributed by atoms with Crippen molar-refractivity contribution in [2.24, 2.45) is 9.98 Å². The van der Waals surface area contributed by atoms with Gasteiger partial charge in [-0.1, -0.05) is 121 Å². The van der Waals surface area contributed by atoms with Gasteiger partial charge in [0.2, 0.25) is 11.4 Å². The van der Waals surface area contributed by atoms with Crippen molar-refractivity contribution in [1.82, 2.24) is 0 Å². The predicted octanol–water partition coefficient (Wildman–Crippen LogP) is 13.0. The van der Waals surface area contributed by atoms with Crippen LogP contribution in [0.25, 0.3) is 40.4 Å². The second-order valence-electron chi connectivity index (χ2n) is 18.7. The number of methoxy groups -OCH3 is 2. The summed E-state index contributed by atoms with van der Waals surface area (Å²) in [6.45, 7) is -1.14. The summed E-state index contributed by atoms with van der Waals surface area (Å²) in [6, 6.07) is 51.6. The molecule has 0 bridgehead atoms. The highest BCUT2D eigenvalue weighted by molar-refractivity contribution is 7.26. The van der Waals surface area contributed by atoms with Gasteiger partial charge < -0.3 is 37.9 Å². The highest BCUT2D eigenvalue weighted by Crippen LogP contribution is 2.61. The summed E-state index contributed by atoms with van der Waals surface area (Å²) >= 11 is 4.33. The summed E-state index contributed by atoms with van der Waals surface area (Å²) in [5.41, 5.74) is -3.46. The van der Waals surface area contributed by atoms with Gasteiger partial charge in [0.25, 0.3) is 0 Å². The first-order valence-electron chi connectivity index (χ1n) is 25.8. The number of rotatable bonds is 18. The van der Waals surface area contributed by atoms with Gasteiger partial charge in [-0.3, -0.25) is 0 Å². The topological polar surface area (TPSA) is 262 Å². The third-order valence-electron chi connectivity index (χ3n) is 13.4. The first-order chi connectivity index (χ1) is 41.9. The fourth-order valence-electron chi connectivity index (χ4n) is 9.38. The summed E-state index contributed by atoms with van der Waals surface area (Å²) in [7, 11) is 2.84. The summed E-state index contributed by atoms with van der Waals surface area (Å²) in [6.07, 6.45) is 0. The number of hydrogen-bond acceptors (Lipinski definition) is 22. The quantitative estimate of drug-likeness (QED) is 0.0334. The monoisotopic (exact) mass is 1210 g/mol. The molecule has 0 saturated heterocycles. The minimum atomic E-state index is -2.70. The van der Waals surface area contributed by atoms with Crippen LogP contribution >= 0.6 is 45.3 Å². The van der Waals surface area contributed by atoms with Crippen LogP contribution in [0.3, 0.4) is 0 Å². The molecule has 18 nitrogen and oxygen atoms in total. The molecule has 0 atom stereocenters. The molecule has 0 N–H and O–H groups in total. The second kappa shape index (κ2) is 24.6. The number of nitriles is 4. The van der Waals surface area contributed by atoms with Gasteiger partial charge in [-0.25, -0.2) is 29.2 Å². The lowest BCUT2D eigenvalue weighted by atomic mass is 9.85. The molecule has 2 aliphatic heterocycles. The largest absolute Gasteiger partial charge is 0.495 e. The Morgan fingerprint density at radius 2 is 0.733 bits per heavy atom. The normalized spacial score (nSPS) is 12.5. The van der Waals surface area contributed by atoms with Crippen molar-refractivity contribution >= 4 is 90.6 Å². The molecule has 422 valence electrons. The lowest BCUT2D eigenvalue weighted by Crippen LogP contribution is -2.52. The Morgan fingerprint density at radius 1 is 0.430 bits per heavy atom. The molecular weight excluding hydrogens is 1170 g/mol. The minimum absolute atomic E-state index is 0.0266. The molecule has 9 aromatic rings. The number of carbonyl (C=O) groups excluding carboxylic acids is 4. The number of benzene rings is 5. The molecule has 0 unspecified atom stereocenters. The van der Waals surface area contributed by atoms with E-state index >= 15 is 19.2 Å². The summed E-state index contributed by atoms with van der Waals surface area (Å²) in [5.74, 6) is -4.13. The molecule has 2 aliphatic rings. The lowest BCUT2D eigenvalue weighted by Gasteiger charge is -2.37. The Labute approximate surface area is 506 Å². The Morgan fingerprint density at radius 3 is 1.01 bits per heavy atom. The van der Waals surface area contributed by atoms with Gasteiger partial charge in [-0.05, 0) is 46.5 Å². The molecule has 22 heteroatoms. The third kappa shape index (κ3) is 10.9. The van der Waals surface area contributed by atoms with Gasteiger partial charge in [0.05, 0.1) is 24.0 Å². The molecule has 0 aliphatic carbocycles. The first kappa shape index (κ1) is 57.1. The van der Waals surface area contributed by atoms with Crippen LogP contribution in [-0.2, 0) is 75.8 Å². The SMILES string of the molecule is COc1cc(N=C(C#N)C#N)sc1-c1cc2c(s1)-c1cc3c(cc1OC2(C(=O)OCc1ccccc1)C(=O)OCc1ccccc1)-c1sc(-c2sc(N=C(C#N)C#N)cc2OC)cc1C(C(=O)OCc1ccccc1)(C(=O)OCc1ccccc1)O3. The molecule has 5 aromatic carbocycles. The second-order valence-corrected chi connectivity index (χ2v) is 22.9. The van der Waals surface area contributed by atoms with Crippen molar-refractivity contribution in [1.29, 1.82) is 21.0 Å². The van der Waals surface area contributed by atoms with Crippen molar-refractivity contribution in [2.45, 2.75) is 37.6 Å². The van der Waals surface area contributed by atoms with Crippen LogP contribution in [0.2, 0.25) is 0 Å². The number of aliphatic imine (C=N–C) groups is 2. The molecule has 0 spiro atoms. The maximum atomic E-state index is 15.4. The Balaban J connectivity index is 1.15. The van der Waals surface area contributed by atoms with Gasteiger partial charge in [-0.2, -0.15) is 21.0 Å². The Bertz CT molecular complexity index is 3950. The van der Waals surface area contributed by atoms with Crippen LogP contribution in [-0.4, -0.2) is 49.5 Å². The zero-order chi connectivity index (χ0) is 60.0. The zero-order valence-electron chi connectivity index (χ0n) is 45.1. The van der Waals surface area contributed by atoms with E-state index in [1.807, 2.05) is 0 Å². The fourth-order valence-corrected chi connectivity index (χ4v) is 14.0. The van der Waals surface area contributed by atoms with E-state index in [0.717, 1.165) is 45.3 Å². The molecule has 0 radical (unpaired) electrons. The summed E-state index contributed by atoms with van der Waals surface area (Å²) in [5, 5.41) is 38.9. The Kier molecular flexibility index (Phi) is 16.4. The van der Waals surface area contributed by atoms with Gasteiger partial charge >= 0.3 is 35.1 Å². The molecule has 0 amide bonds.